The number of methoxy groups -OCH3 is 1. The fraction of sp³-hybridized carbons (Fsp3) is 0.235. The Balaban J connectivity index is 1.89. The largest absolute Gasteiger partial charge is 0.496 e. The molecule has 122 valence electrons. The molecule has 0 amide bonds. The first-order valence-corrected chi connectivity index (χ1v) is 8.71. The third-order valence-corrected chi connectivity index (χ3v) is 4.35. The van der Waals surface area contributed by atoms with E-state index in [4.69, 9.17) is 28.6 Å². The molecule has 0 unspecified atom stereocenters. The molecule has 0 atom stereocenters. The Morgan fingerprint density at radius 2 is 2.04 bits per heavy atom. The summed E-state index contributed by atoms with van der Waals surface area (Å²) in [6.07, 6.45) is 0.798. The van der Waals surface area contributed by atoms with Gasteiger partial charge in [-0.05, 0) is 67.0 Å². The van der Waals surface area contributed by atoms with E-state index in [1.807, 2.05) is 43.3 Å². The third kappa shape index (κ3) is 5.37. The number of nitrogens with one attached hydrogen (secondary N) is 2. The molecule has 0 saturated heterocycles. The minimum Gasteiger partial charge on any atom is -0.496 e. The van der Waals surface area contributed by atoms with Crippen molar-refractivity contribution < 1.29 is 4.74 Å². The van der Waals surface area contributed by atoms with Crippen LogP contribution in [0, 0.1) is 6.92 Å². The predicted molar refractivity (Wildman–Crippen MR) is 105 cm³/mol. The van der Waals surface area contributed by atoms with Crippen molar-refractivity contribution in [1.82, 2.24) is 5.32 Å². The molecule has 0 heterocycles. The van der Waals surface area contributed by atoms with Crippen molar-refractivity contribution in [3.63, 3.8) is 0 Å². The van der Waals surface area contributed by atoms with Crippen molar-refractivity contribution in [2.24, 2.45) is 0 Å². The van der Waals surface area contributed by atoms with Gasteiger partial charge in [-0.1, -0.05) is 33.6 Å². The number of ether oxygens (including phenoxy) is 1. The summed E-state index contributed by atoms with van der Waals surface area (Å²) in [6, 6.07) is 11.8. The summed E-state index contributed by atoms with van der Waals surface area (Å²) in [5.74, 6) is 0.871. The Bertz CT molecular complexity index is 709. The van der Waals surface area contributed by atoms with Crippen LogP contribution in [0.2, 0.25) is 5.02 Å². The van der Waals surface area contributed by atoms with E-state index in [0.717, 1.165) is 33.5 Å². The van der Waals surface area contributed by atoms with E-state index in [9.17, 15) is 0 Å². The van der Waals surface area contributed by atoms with Crippen molar-refractivity contribution >= 4 is 50.5 Å². The number of thiocarbonyl (C=S) groups is 1. The topological polar surface area (TPSA) is 33.3 Å². The van der Waals surface area contributed by atoms with Crippen LogP contribution in [0.5, 0.6) is 5.75 Å². The predicted octanol–water partition coefficient (Wildman–Crippen LogP) is 4.95. The van der Waals surface area contributed by atoms with Gasteiger partial charge in [-0.2, -0.15) is 0 Å². The molecular formula is C17H18BrClN2OS. The summed E-state index contributed by atoms with van der Waals surface area (Å²) < 4.78 is 6.39. The standard InChI is InChI=1S/C17H18BrClN2OS/c1-11-3-5-15(14(19)9-11)21-17(23)20-8-7-12-10-13(18)4-6-16(12)22-2/h3-6,9-10H,7-8H2,1-2H3,(H2,20,21,23). The lowest BCUT2D eigenvalue weighted by Gasteiger charge is -2.13. The number of halogens is 2. The number of hydrogen-bond acceptors (Lipinski definition) is 2. The first-order chi connectivity index (χ1) is 11.0. The Morgan fingerprint density at radius 3 is 2.74 bits per heavy atom. The molecule has 2 N–H and O–H groups in total. The average molecular weight is 414 g/mol. The fourth-order valence-corrected chi connectivity index (χ4v) is 3.04. The van der Waals surface area contributed by atoms with E-state index >= 15 is 0 Å². The van der Waals surface area contributed by atoms with Crippen LogP contribution in [0.1, 0.15) is 11.1 Å². The van der Waals surface area contributed by atoms with Crippen molar-refractivity contribution in [1.29, 1.82) is 0 Å². The molecule has 6 heteroatoms. The molecular weight excluding hydrogens is 396 g/mol. The molecule has 0 aromatic heterocycles. The highest BCUT2D eigenvalue weighted by Crippen LogP contribution is 2.24. The first kappa shape index (κ1) is 18.0. The van der Waals surface area contributed by atoms with Crippen molar-refractivity contribution in [2.75, 3.05) is 19.0 Å². The highest BCUT2D eigenvalue weighted by molar-refractivity contribution is 9.10. The molecule has 0 aliphatic carbocycles. The summed E-state index contributed by atoms with van der Waals surface area (Å²) in [6.45, 7) is 2.69. The molecule has 2 rings (SSSR count). The Hall–Kier alpha value is -1.30. The lowest BCUT2D eigenvalue weighted by Crippen LogP contribution is -2.30. The SMILES string of the molecule is COc1ccc(Br)cc1CCNC(=S)Nc1ccc(C)cc1Cl. The second kappa shape index (κ2) is 8.52. The molecule has 23 heavy (non-hydrogen) atoms. The van der Waals surface area contributed by atoms with Gasteiger partial charge in [0, 0.05) is 11.0 Å². The molecule has 2 aromatic rings. The van der Waals surface area contributed by atoms with Gasteiger partial charge in [-0.3, -0.25) is 0 Å². The van der Waals surface area contributed by atoms with E-state index in [-0.39, 0.29) is 0 Å². The third-order valence-electron chi connectivity index (χ3n) is 3.30. The van der Waals surface area contributed by atoms with Crippen LogP contribution >= 0.6 is 39.7 Å². The number of rotatable bonds is 5. The molecule has 0 saturated carbocycles. The van der Waals surface area contributed by atoms with Crippen LogP contribution in [-0.4, -0.2) is 18.8 Å². The van der Waals surface area contributed by atoms with Gasteiger partial charge in [-0.15, -0.1) is 0 Å². The highest BCUT2D eigenvalue weighted by atomic mass is 79.9. The number of benzene rings is 2. The number of aryl methyl sites for hydroxylation is 1. The van der Waals surface area contributed by atoms with Crippen molar-refractivity contribution in [3.8, 4) is 5.75 Å². The van der Waals surface area contributed by atoms with Crippen LogP contribution in [0.4, 0.5) is 5.69 Å². The maximum atomic E-state index is 6.19. The molecule has 2 aromatic carbocycles. The van der Waals surface area contributed by atoms with E-state index in [2.05, 4.69) is 26.6 Å². The lowest BCUT2D eigenvalue weighted by atomic mass is 10.1. The van der Waals surface area contributed by atoms with Gasteiger partial charge < -0.3 is 15.4 Å². The zero-order chi connectivity index (χ0) is 16.8. The van der Waals surface area contributed by atoms with E-state index in [0.29, 0.717) is 16.7 Å². The maximum absolute atomic E-state index is 6.19. The number of anilines is 1. The maximum Gasteiger partial charge on any atom is 0.170 e. The van der Waals surface area contributed by atoms with Gasteiger partial charge >= 0.3 is 0 Å². The van der Waals surface area contributed by atoms with E-state index < -0.39 is 0 Å². The van der Waals surface area contributed by atoms with Gasteiger partial charge in [0.1, 0.15) is 5.75 Å². The van der Waals surface area contributed by atoms with Crippen LogP contribution in [-0.2, 0) is 6.42 Å². The summed E-state index contributed by atoms with van der Waals surface area (Å²) >= 11 is 15.0. The number of hydrogen-bond donors (Lipinski definition) is 2. The van der Waals surface area contributed by atoms with Gasteiger partial charge in [-0.25, -0.2) is 0 Å². The molecule has 0 aliphatic rings. The van der Waals surface area contributed by atoms with Gasteiger partial charge in [0.25, 0.3) is 0 Å². The first-order valence-electron chi connectivity index (χ1n) is 7.13. The summed E-state index contributed by atoms with van der Waals surface area (Å²) in [5, 5.41) is 7.50. The fourth-order valence-electron chi connectivity index (χ4n) is 2.14. The minimum absolute atomic E-state index is 0.546. The quantitative estimate of drug-likeness (QED) is 0.680. The second-order valence-corrected chi connectivity index (χ2v) is 6.80. The van der Waals surface area contributed by atoms with Gasteiger partial charge in [0.15, 0.2) is 5.11 Å². The zero-order valence-electron chi connectivity index (χ0n) is 13.0. The zero-order valence-corrected chi connectivity index (χ0v) is 16.1. The normalized spacial score (nSPS) is 10.3. The molecule has 3 nitrogen and oxygen atoms in total. The van der Waals surface area contributed by atoms with Crippen LogP contribution in [0.15, 0.2) is 40.9 Å². The smallest absolute Gasteiger partial charge is 0.170 e. The molecule has 0 aliphatic heterocycles. The van der Waals surface area contributed by atoms with E-state index in [1.165, 1.54) is 0 Å². The summed E-state index contributed by atoms with van der Waals surface area (Å²) in [4.78, 5) is 0. The average Bonchev–Trinajstić information content (AvgIpc) is 2.50. The molecule has 0 fully saturated rings. The van der Waals surface area contributed by atoms with Crippen LogP contribution in [0.25, 0.3) is 0 Å². The highest BCUT2D eigenvalue weighted by Gasteiger charge is 2.05. The van der Waals surface area contributed by atoms with Crippen molar-refractivity contribution in [2.45, 2.75) is 13.3 Å². The van der Waals surface area contributed by atoms with Crippen molar-refractivity contribution in [3.05, 3.63) is 57.0 Å². The van der Waals surface area contributed by atoms with Gasteiger partial charge in [0.05, 0.1) is 17.8 Å². The summed E-state index contributed by atoms with van der Waals surface area (Å²) in [5.41, 5.74) is 3.03. The Labute approximate surface area is 155 Å². The van der Waals surface area contributed by atoms with Crippen LogP contribution < -0.4 is 15.4 Å². The Morgan fingerprint density at radius 1 is 1.26 bits per heavy atom. The molecule has 0 bridgehead atoms. The monoisotopic (exact) mass is 412 g/mol. The van der Waals surface area contributed by atoms with Gasteiger partial charge in [0.2, 0.25) is 0 Å². The molecule has 0 radical (unpaired) electrons. The molecule has 0 spiro atoms. The Kier molecular flexibility index (Phi) is 6.69. The van der Waals surface area contributed by atoms with Crippen LogP contribution in [0.3, 0.4) is 0 Å². The van der Waals surface area contributed by atoms with E-state index in [1.54, 1.807) is 7.11 Å². The second-order valence-electron chi connectivity index (χ2n) is 5.07. The lowest BCUT2D eigenvalue weighted by molar-refractivity contribution is 0.409. The summed E-state index contributed by atoms with van der Waals surface area (Å²) in [7, 11) is 1.67. The minimum atomic E-state index is 0.546.